The predicted octanol–water partition coefficient (Wildman–Crippen LogP) is 5.20. The van der Waals surface area contributed by atoms with Gasteiger partial charge in [-0.2, -0.15) is 0 Å². The van der Waals surface area contributed by atoms with Crippen LogP contribution in [0.15, 0.2) is 12.2 Å². The quantitative estimate of drug-likeness (QED) is 0.347. The third kappa shape index (κ3) is 15.7. The minimum atomic E-state index is 0.692. The van der Waals surface area contributed by atoms with Crippen molar-refractivity contribution in [1.82, 2.24) is 0 Å². The maximum absolute atomic E-state index is 5.38. The lowest BCUT2D eigenvalue weighted by molar-refractivity contribution is 0.550. The van der Waals surface area contributed by atoms with Gasteiger partial charge in [-0.3, -0.25) is 0 Å². The SMILES string of the molecule is CCCCCCCCCCCCC/C=C/CN. The van der Waals surface area contributed by atoms with Crippen molar-refractivity contribution in [1.29, 1.82) is 0 Å². The lowest BCUT2D eigenvalue weighted by Crippen LogP contribution is -1.91. The monoisotopic (exact) mass is 239 g/mol. The van der Waals surface area contributed by atoms with Crippen LogP contribution in [0.25, 0.3) is 0 Å². The second-order valence-electron chi connectivity index (χ2n) is 5.03. The van der Waals surface area contributed by atoms with E-state index < -0.39 is 0 Å². The summed E-state index contributed by atoms with van der Waals surface area (Å²) in [6, 6.07) is 0. The molecule has 0 bridgehead atoms. The molecule has 0 saturated heterocycles. The molecule has 0 aromatic carbocycles. The van der Waals surface area contributed by atoms with Crippen molar-refractivity contribution in [3.63, 3.8) is 0 Å². The molecule has 0 saturated carbocycles. The molecule has 0 heterocycles. The summed E-state index contributed by atoms with van der Waals surface area (Å²) in [6.45, 7) is 2.97. The molecule has 0 aliphatic rings. The first-order valence-corrected chi connectivity index (χ1v) is 7.77. The van der Waals surface area contributed by atoms with E-state index in [0.29, 0.717) is 6.54 Å². The van der Waals surface area contributed by atoms with E-state index in [4.69, 9.17) is 5.73 Å². The molecule has 0 rings (SSSR count). The first kappa shape index (κ1) is 16.7. The highest BCUT2D eigenvalue weighted by Crippen LogP contribution is 2.11. The lowest BCUT2D eigenvalue weighted by atomic mass is 10.1. The molecule has 0 aromatic rings. The Kier molecular flexibility index (Phi) is 15.4. The summed E-state index contributed by atoms with van der Waals surface area (Å²) in [5.41, 5.74) is 5.38. The van der Waals surface area contributed by atoms with Crippen LogP contribution in [0.5, 0.6) is 0 Å². The first-order chi connectivity index (χ1) is 8.41. The molecule has 0 radical (unpaired) electrons. The minimum Gasteiger partial charge on any atom is -0.327 e. The molecular formula is C16H33N. The van der Waals surface area contributed by atoms with Crippen molar-refractivity contribution in [3.8, 4) is 0 Å². The Morgan fingerprint density at radius 3 is 1.59 bits per heavy atom. The molecule has 0 aromatic heterocycles. The van der Waals surface area contributed by atoms with Crippen molar-refractivity contribution in [2.75, 3.05) is 6.54 Å². The molecule has 17 heavy (non-hydrogen) atoms. The number of allylic oxidation sites excluding steroid dienone is 1. The van der Waals surface area contributed by atoms with Crippen LogP contribution in [0.3, 0.4) is 0 Å². The van der Waals surface area contributed by atoms with Crippen LogP contribution in [-0.2, 0) is 0 Å². The second kappa shape index (κ2) is 15.7. The normalized spacial score (nSPS) is 11.4. The summed E-state index contributed by atoms with van der Waals surface area (Å²) in [7, 11) is 0. The summed E-state index contributed by atoms with van der Waals surface area (Å²) >= 11 is 0. The third-order valence-electron chi connectivity index (χ3n) is 3.28. The zero-order chi connectivity index (χ0) is 12.6. The number of hydrogen-bond donors (Lipinski definition) is 1. The molecule has 1 nitrogen and oxygen atoms in total. The predicted molar refractivity (Wildman–Crippen MR) is 79.3 cm³/mol. The van der Waals surface area contributed by atoms with E-state index in [2.05, 4.69) is 19.1 Å². The summed E-state index contributed by atoms with van der Waals surface area (Å²) < 4.78 is 0. The molecule has 0 atom stereocenters. The van der Waals surface area contributed by atoms with Gasteiger partial charge < -0.3 is 5.73 Å². The van der Waals surface area contributed by atoms with Crippen molar-refractivity contribution >= 4 is 0 Å². The van der Waals surface area contributed by atoms with Gasteiger partial charge in [-0.15, -0.1) is 0 Å². The zero-order valence-electron chi connectivity index (χ0n) is 11.9. The molecule has 0 aliphatic heterocycles. The Hall–Kier alpha value is -0.300. The van der Waals surface area contributed by atoms with Crippen LogP contribution in [0.2, 0.25) is 0 Å². The van der Waals surface area contributed by atoms with Gasteiger partial charge in [0.15, 0.2) is 0 Å². The van der Waals surface area contributed by atoms with E-state index in [0.717, 1.165) is 0 Å². The fourth-order valence-corrected chi connectivity index (χ4v) is 2.14. The van der Waals surface area contributed by atoms with Gasteiger partial charge in [-0.05, 0) is 12.8 Å². The Morgan fingerprint density at radius 1 is 0.647 bits per heavy atom. The van der Waals surface area contributed by atoms with Gasteiger partial charge >= 0.3 is 0 Å². The van der Waals surface area contributed by atoms with Gasteiger partial charge in [0.25, 0.3) is 0 Å². The minimum absolute atomic E-state index is 0.692. The summed E-state index contributed by atoms with van der Waals surface area (Å²) in [5, 5.41) is 0. The highest BCUT2D eigenvalue weighted by atomic mass is 14.5. The van der Waals surface area contributed by atoms with E-state index in [1.807, 2.05) is 0 Å². The van der Waals surface area contributed by atoms with E-state index in [1.165, 1.54) is 77.0 Å². The van der Waals surface area contributed by atoms with E-state index in [1.54, 1.807) is 0 Å². The van der Waals surface area contributed by atoms with Crippen LogP contribution in [-0.4, -0.2) is 6.54 Å². The maximum atomic E-state index is 5.38. The van der Waals surface area contributed by atoms with Crippen LogP contribution < -0.4 is 5.73 Å². The van der Waals surface area contributed by atoms with Gasteiger partial charge in [-0.25, -0.2) is 0 Å². The van der Waals surface area contributed by atoms with Gasteiger partial charge in [0, 0.05) is 6.54 Å². The first-order valence-electron chi connectivity index (χ1n) is 7.77. The number of rotatable bonds is 13. The summed E-state index contributed by atoms with van der Waals surface area (Å²) in [5.74, 6) is 0. The highest BCUT2D eigenvalue weighted by Gasteiger charge is 1.92. The maximum Gasteiger partial charge on any atom is 0.0106 e. The largest absolute Gasteiger partial charge is 0.327 e. The van der Waals surface area contributed by atoms with Crippen LogP contribution in [0.4, 0.5) is 0 Å². The van der Waals surface area contributed by atoms with E-state index >= 15 is 0 Å². The Morgan fingerprint density at radius 2 is 1.12 bits per heavy atom. The molecule has 0 unspecified atom stereocenters. The molecule has 1 heteroatoms. The number of unbranched alkanes of at least 4 members (excludes halogenated alkanes) is 11. The van der Waals surface area contributed by atoms with Crippen molar-refractivity contribution < 1.29 is 0 Å². The van der Waals surface area contributed by atoms with Crippen LogP contribution in [0, 0.1) is 0 Å². The van der Waals surface area contributed by atoms with Crippen molar-refractivity contribution in [2.45, 2.75) is 84.0 Å². The lowest BCUT2D eigenvalue weighted by Gasteiger charge is -2.01. The van der Waals surface area contributed by atoms with E-state index in [9.17, 15) is 0 Å². The van der Waals surface area contributed by atoms with Gasteiger partial charge in [0.2, 0.25) is 0 Å². The Balaban J connectivity index is 2.91. The zero-order valence-corrected chi connectivity index (χ0v) is 11.9. The smallest absolute Gasteiger partial charge is 0.0106 e. The fraction of sp³-hybridized carbons (Fsp3) is 0.875. The Bertz CT molecular complexity index is 152. The average molecular weight is 239 g/mol. The number of nitrogens with two attached hydrogens (primary N) is 1. The molecular weight excluding hydrogens is 206 g/mol. The standard InChI is InChI=1S/C16H33N/c1-2-3-4-5-6-7-8-9-10-11-12-13-14-15-16-17/h14-15H,2-13,16-17H2,1H3/b15-14+. The topological polar surface area (TPSA) is 26.0 Å². The fourth-order valence-electron chi connectivity index (χ4n) is 2.14. The molecule has 0 fully saturated rings. The number of hydrogen-bond acceptors (Lipinski definition) is 1. The van der Waals surface area contributed by atoms with Crippen LogP contribution in [0.1, 0.15) is 84.0 Å². The average Bonchev–Trinajstić information content (AvgIpc) is 2.35. The summed E-state index contributed by atoms with van der Waals surface area (Å²) in [6.07, 6.45) is 21.1. The van der Waals surface area contributed by atoms with E-state index in [-0.39, 0.29) is 0 Å². The van der Waals surface area contributed by atoms with Gasteiger partial charge in [0.05, 0.1) is 0 Å². The van der Waals surface area contributed by atoms with Gasteiger partial charge in [0.1, 0.15) is 0 Å². The van der Waals surface area contributed by atoms with Crippen molar-refractivity contribution in [3.05, 3.63) is 12.2 Å². The highest BCUT2D eigenvalue weighted by molar-refractivity contribution is 4.81. The second-order valence-corrected chi connectivity index (χ2v) is 5.03. The molecule has 0 aliphatic carbocycles. The molecule has 0 amide bonds. The van der Waals surface area contributed by atoms with Crippen LogP contribution >= 0.6 is 0 Å². The Labute approximate surface area is 109 Å². The molecule has 0 spiro atoms. The summed E-state index contributed by atoms with van der Waals surface area (Å²) in [4.78, 5) is 0. The van der Waals surface area contributed by atoms with Gasteiger partial charge in [-0.1, -0.05) is 83.3 Å². The molecule has 102 valence electrons. The molecule has 2 N–H and O–H groups in total. The third-order valence-corrected chi connectivity index (χ3v) is 3.28. The van der Waals surface area contributed by atoms with Crippen molar-refractivity contribution in [2.24, 2.45) is 5.73 Å².